The van der Waals surface area contributed by atoms with Crippen molar-refractivity contribution in [2.75, 3.05) is 0 Å². The van der Waals surface area contributed by atoms with E-state index in [2.05, 4.69) is 22.5 Å². The SMILES string of the molecule is C=CCn1c(COC(C)=O)cc(OCc2ccc(F)cc2F)c(Br)c1=O. The third-order valence-corrected chi connectivity index (χ3v) is 4.16. The van der Waals surface area contributed by atoms with Crippen LogP contribution >= 0.6 is 15.9 Å². The highest BCUT2D eigenvalue weighted by atomic mass is 79.9. The van der Waals surface area contributed by atoms with E-state index in [1.807, 2.05) is 0 Å². The molecule has 0 N–H and O–H groups in total. The first-order chi connectivity index (χ1) is 12.3. The molecule has 2 aromatic rings. The van der Waals surface area contributed by atoms with E-state index >= 15 is 0 Å². The number of hydrogen-bond acceptors (Lipinski definition) is 4. The van der Waals surface area contributed by atoms with Crippen molar-refractivity contribution in [3.63, 3.8) is 0 Å². The Kier molecular flexibility index (Phi) is 6.68. The van der Waals surface area contributed by atoms with Crippen LogP contribution in [0.4, 0.5) is 8.78 Å². The zero-order chi connectivity index (χ0) is 19.3. The van der Waals surface area contributed by atoms with Crippen LogP contribution in [-0.4, -0.2) is 10.5 Å². The molecule has 0 saturated heterocycles. The Balaban J connectivity index is 2.33. The van der Waals surface area contributed by atoms with Crippen molar-refractivity contribution in [1.82, 2.24) is 4.57 Å². The van der Waals surface area contributed by atoms with Crippen LogP contribution in [0.3, 0.4) is 0 Å². The number of hydrogen-bond donors (Lipinski definition) is 0. The molecule has 2 rings (SSSR count). The molecule has 0 aliphatic carbocycles. The molecular formula is C18H16BrF2NO4. The van der Waals surface area contributed by atoms with Gasteiger partial charge in [0.25, 0.3) is 5.56 Å². The Labute approximate surface area is 157 Å². The molecule has 0 atom stereocenters. The Hall–Kier alpha value is -2.48. The highest BCUT2D eigenvalue weighted by Crippen LogP contribution is 2.24. The van der Waals surface area contributed by atoms with Crippen LogP contribution in [0.25, 0.3) is 0 Å². The zero-order valence-corrected chi connectivity index (χ0v) is 15.5. The van der Waals surface area contributed by atoms with Gasteiger partial charge in [0.2, 0.25) is 0 Å². The molecule has 1 aromatic heterocycles. The standard InChI is InChI=1S/C18H16BrF2NO4/c1-3-6-22-14(10-25-11(2)23)8-16(17(19)18(22)24)26-9-12-4-5-13(20)7-15(12)21/h3-5,7-8H,1,6,9-10H2,2H3. The van der Waals surface area contributed by atoms with Crippen molar-refractivity contribution < 1.29 is 23.0 Å². The van der Waals surface area contributed by atoms with E-state index in [-0.39, 0.29) is 35.5 Å². The second-order valence-electron chi connectivity index (χ2n) is 5.32. The average molecular weight is 428 g/mol. The van der Waals surface area contributed by atoms with Gasteiger partial charge in [-0.1, -0.05) is 6.08 Å². The predicted molar refractivity (Wildman–Crippen MR) is 94.8 cm³/mol. The van der Waals surface area contributed by atoms with Crippen molar-refractivity contribution in [1.29, 1.82) is 0 Å². The Morgan fingerprint density at radius 3 is 2.65 bits per heavy atom. The van der Waals surface area contributed by atoms with Gasteiger partial charge >= 0.3 is 5.97 Å². The van der Waals surface area contributed by atoms with Crippen molar-refractivity contribution in [3.05, 3.63) is 74.6 Å². The number of esters is 1. The zero-order valence-electron chi connectivity index (χ0n) is 13.9. The first-order valence-corrected chi connectivity index (χ1v) is 8.36. The van der Waals surface area contributed by atoms with Gasteiger partial charge in [0.1, 0.15) is 35.1 Å². The average Bonchev–Trinajstić information content (AvgIpc) is 2.58. The number of halogens is 3. The Morgan fingerprint density at radius 2 is 2.04 bits per heavy atom. The van der Waals surface area contributed by atoms with Crippen LogP contribution < -0.4 is 10.3 Å². The van der Waals surface area contributed by atoms with Crippen LogP contribution in [0.2, 0.25) is 0 Å². The summed E-state index contributed by atoms with van der Waals surface area (Å²) < 4.78 is 38.7. The fourth-order valence-electron chi connectivity index (χ4n) is 2.17. The summed E-state index contributed by atoms with van der Waals surface area (Å²) in [4.78, 5) is 23.5. The molecule has 0 saturated carbocycles. The van der Waals surface area contributed by atoms with Crippen LogP contribution in [0.5, 0.6) is 5.75 Å². The van der Waals surface area contributed by atoms with Gasteiger partial charge in [-0.2, -0.15) is 0 Å². The number of allylic oxidation sites excluding steroid dienone is 1. The van der Waals surface area contributed by atoms with Gasteiger partial charge in [0.15, 0.2) is 0 Å². The van der Waals surface area contributed by atoms with Gasteiger partial charge in [-0.05, 0) is 28.1 Å². The van der Waals surface area contributed by atoms with Gasteiger partial charge in [0.05, 0.1) is 5.69 Å². The molecule has 0 aliphatic rings. The molecule has 0 aliphatic heterocycles. The second-order valence-corrected chi connectivity index (χ2v) is 6.12. The monoisotopic (exact) mass is 427 g/mol. The third kappa shape index (κ3) is 4.78. The molecule has 0 amide bonds. The highest BCUT2D eigenvalue weighted by molar-refractivity contribution is 9.10. The van der Waals surface area contributed by atoms with Crippen molar-refractivity contribution >= 4 is 21.9 Å². The van der Waals surface area contributed by atoms with E-state index < -0.39 is 23.2 Å². The Bertz CT molecular complexity index is 895. The number of pyridine rings is 1. The summed E-state index contributed by atoms with van der Waals surface area (Å²) in [5.74, 6) is -1.79. The quantitative estimate of drug-likeness (QED) is 0.499. The molecule has 0 bridgehead atoms. The maximum atomic E-state index is 13.7. The topological polar surface area (TPSA) is 57.5 Å². The summed E-state index contributed by atoms with van der Waals surface area (Å²) in [6.07, 6.45) is 1.53. The van der Waals surface area contributed by atoms with E-state index in [9.17, 15) is 18.4 Å². The highest BCUT2D eigenvalue weighted by Gasteiger charge is 2.15. The molecule has 1 aromatic carbocycles. The van der Waals surface area contributed by atoms with E-state index in [0.717, 1.165) is 12.1 Å². The van der Waals surface area contributed by atoms with Crippen molar-refractivity contribution in [2.45, 2.75) is 26.7 Å². The maximum Gasteiger partial charge on any atom is 0.303 e. The van der Waals surface area contributed by atoms with Gasteiger partial charge in [0, 0.05) is 31.2 Å². The summed E-state index contributed by atoms with van der Waals surface area (Å²) >= 11 is 3.16. The molecule has 0 unspecified atom stereocenters. The molecule has 138 valence electrons. The Morgan fingerprint density at radius 1 is 1.31 bits per heavy atom. The van der Waals surface area contributed by atoms with E-state index in [1.54, 1.807) is 0 Å². The van der Waals surface area contributed by atoms with Crippen molar-refractivity contribution in [2.24, 2.45) is 0 Å². The molecule has 0 radical (unpaired) electrons. The first kappa shape index (κ1) is 19.8. The number of rotatable bonds is 7. The van der Waals surface area contributed by atoms with Gasteiger partial charge in [-0.3, -0.25) is 9.59 Å². The minimum absolute atomic E-state index is 0.132. The molecule has 26 heavy (non-hydrogen) atoms. The smallest absolute Gasteiger partial charge is 0.303 e. The summed E-state index contributed by atoms with van der Waals surface area (Å²) in [5, 5.41) is 0. The van der Waals surface area contributed by atoms with Crippen molar-refractivity contribution in [3.8, 4) is 5.75 Å². The van der Waals surface area contributed by atoms with E-state index in [4.69, 9.17) is 9.47 Å². The largest absolute Gasteiger partial charge is 0.487 e. The van der Waals surface area contributed by atoms with Crippen LogP contribution in [-0.2, 0) is 29.3 Å². The normalized spacial score (nSPS) is 10.5. The van der Waals surface area contributed by atoms with E-state index in [1.165, 1.54) is 29.7 Å². The first-order valence-electron chi connectivity index (χ1n) is 7.56. The summed E-state index contributed by atoms with van der Waals surface area (Å²) in [5.41, 5.74) is 0.113. The number of benzene rings is 1. The minimum Gasteiger partial charge on any atom is -0.487 e. The molecular weight excluding hydrogens is 412 g/mol. The lowest BCUT2D eigenvalue weighted by Crippen LogP contribution is -2.25. The number of nitrogens with zero attached hydrogens (tertiary/aromatic N) is 1. The number of carbonyl (C=O) groups excluding carboxylic acids is 1. The van der Waals surface area contributed by atoms with Gasteiger partial charge in [-0.15, -0.1) is 6.58 Å². The van der Waals surface area contributed by atoms with Crippen LogP contribution in [0.1, 0.15) is 18.2 Å². The van der Waals surface area contributed by atoms with Gasteiger partial charge in [-0.25, -0.2) is 8.78 Å². The van der Waals surface area contributed by atoms with Crippen LogP contribution in [0.15, 0.2) is 46.2 Å². The lowest BCUT2D eigenvalue weighted by molar-refractivity contribution is -0.142. The fourth-order valence-corrected chi connectivity index (χ4v) is 2.61. The summed E-state index contributed by atoms with van der Waals surface area (Å²) in [7, 11) is 0. The number of aromatic nitrogens is 1. The maximum absolute atomic E-state index is 13.7. The fraction of sp³-hybridized carbons (Fsp3) is 0.222. The number of ether oxygens (including phenoxy) is 2. The molecule has 0 fully saturated rings. The third-order valence-electron chi connectivity index (χ3n) is 3.43. The summed E-state index contributed by atoms with van der Waals surface area (Å²) in [6, 6.07) is 4.64. The van der Waals surface area contributed by atoms with E-state index in [0.29, 0.717) is 5.69 Å². The molecule has 5 nitrogen and oxygen atoms in total. The molecule has 8 heteroatoms. The number of carbonyl (C=O) groups is 1. The predicted octanol–water partition coefficient (Wildman–Crippen LogP) is 3.72. The second kappa shape index (κ2) is 8.75. The minimum atomic E-state index is -0.749. The lowest BCUT2D eigenvalue weighted by atomic mass is 10.2. The van der Waals surface area contributed by atoms with Gasteiger partial charge < -0.3 is 14.0 Å². The molecule has 1 heterocycles. The molecule has 0 spiro atoms. The summed E-state index contributed by atoms with van der Waals surface area (Å²) in [6.45, 7) is 4.72. The van der Waals surface area contributed by atoms with Crippen LogP contribution in [0, 0.1) is 11.6 Å². The lowest BCUT2D eigenvalue weighted by Gasteiger charge is -2.15.